The van der Waals surface area contributed by atoms with Crippen LogP contribution in [0.3, 0.4) is 0 Å². The number of hydrogen-bond acceptors (Lipinski definition) is 6. The van der Waals surface area contributed by atoms with Gasteiger partial charge in [-0.2, -0.15) is 0 Å². The van der Waals surface area contributed by atoms with Crippen LogP contribution in [0.5, 0.6) is 5.75 Å². The van der Waals surface area contributed by atoms with Crippen LogP contribution in [0.15, 0.2) is 24.3 Å². The first-order chi connectivity index (χ1) is 15.5. The van der Waals surface area contributed by atoms with E-state index in [2.05, 4.69) is 4.98 Å². The smallest absolute Gasteiger partial charge is 0.306 e. The molecule has 0 saturated heterocycles. The van der Waals surface area contributed by atoms with Crippen molar-refractivity contribution in [3.8, 4) is 5.75 Å². The average Bonchev–Trinajstić information content (AvgIpc) is 3.06. The summed E-state index contributed by atoms with van der Waals surface area (Å²) >= 11 is 0. The molecular formula is C26H34BrN3O4. The third-order valence-electron chi connectivity index (χ3n) is 5.86. The van der Waals surface area contributed by atoms with Gasteiger partial charge in [-0.3, -0.25) is 15.0 Å². The Morgan fingerprint density at radius 2 is 1.91 bits per heavy atom. The number of aryl methyl sites for hydroxylation is 2. The van der Waals surface area contributed by atoms with E-state index in [1.54, 1.807) is 24.0 Å². The topological polar surface area (TPSA) is 104 Å². The number of amidine groups is 1. The second-order valence-electron chi connectivity index (χ2n) is 9.38. The Balaban J connectivity index is 0.00000408. The number of ether oxygens (including phenoxy) is 1. The number of pyridine rings is 1. The first kappa shape index (κ1) is 27.5. The molecule has 3 rings (SSSR count). The average molecular weight is 532 g/mol. The van der Waals surface area contributed by atoms with E-state index in [0.717, 1.165) is 17.7 Å². The lowest BCUT2D eigenvalue weighted by molar-refractivity contribution is -0.143. The maximum Gasteiger partial charge on any atom is 0.306 e. The zero-order valence-corrected chi connectivity index (χ0v) is 22.2. The Morgan fingerprint density at radius 3 is 2.53 bits per heavy atom. The van der Waals surface area contributed by atoms with Gasteiger partial charge in [0.1, 0.15) is 17.3 Å². The first-order valence-corrected chi connectivity index (χ1v) is 11.4. The molecule has 2 heterocycles. The van der Waals surface area contributed by atoms with Gasteiger partial charge in [-0.15, -0.1) is 17.0 Å². The summed E-state index contributed by atoms with van der Waals surface area (Å²) in [5, 5.41) is 19.4. The maximum atomic E-state index is 13.3. The number of esters is 1. The lowest BCUT2D eigenvalue weighted by atomic mass is 9.83. The molecule has 7 nitrogen and oxygen atoms in total. The van der Waals surface area contributed by atoms with E-state index in [-0.39, 0.29) is 59.7 Å². The molecule has 0 spiro atoms. The van der Waals surface area contributed by atoms with Gasteiger partial charge in [0, 0.05) is 35.3 Å². The van der Waals surface area contributed by atoms with Crippen molar-refractivity contribution in [1.82, 2.24) is 9.88 Å². The predicted octanol–water partition coefficient (Wildman–Crippen LogP) is 4.74. The van der Waals surface area contributed by atoms with Crippen molar-refractivity contribution in [3.63, 3.8) is 0 Å². The Labute approximate surface area is 211 Å². The lowest BCUT2D eigenvalue weighted by Gasteiger charge is -2.24. The van der Waals surface area contributed by atoms with Gasteiger partial charge in [0.25, 0.3) is 0 Å². The summed E-state index contributed by atoms with van der Waals surface area (Å²) in [6, 6.07) is 7.33. The van der Waals surface area contributed by atoms with Gasteiger partial charge in [0.2, 0.25) is 0 Å². The highest BCUT2D eigenvalue weighted by Gasteiger charge is 2.29. The molecule has 184 valence electrons. The molecule has 1 aromatic heterocycles. The molecule has 0 unspecified atom stereocenters. The van der Waals surface area contributed by atoms with Crippen molar-refractivity contribution >= 4 is 34.6 Å². The minimum atomic E-state index is -0.393. The summed E-state index contributed by atoms with van der Waals surface area (Å²) in [4.78, 5) is 31.4. The van der Waals surface area contributed by atoms with Crippen molar-refractivity contribution < 1.29 is 19.4 Å². The summed E-state index contributed by atoms with van der Waals surface area (Å²) in [6.45, 7) is 10.5. The van der Waals surface area contributed by atoms with Crippen LogP contribution in [0.1, 0.15) is 79.5 Å². The normalized spacial score (nSPS) is 12.9. The maximum absolute atomic E-state index is 13.3. The molecule has 1 aromatic carbocycles. The number of phenolic OH excluding ortho intramolecular Hbond substituents is 1. The van der Waals surface area contributed by atoms with Gasteiger partial charge in [-0.25, -0.2) is 4.98 Å². The van der Waals surface area contributed by atoms with Crippen LogP contribution >= 0.6 is 17.0 Å². The molecule has 0 bridgehead atoms. The molecule has 0 atom stereocenters. The van der Waals surface area contributed by atoms with Crippen molar-refractivity contribution in [2.45, 2.75) is 65.8 Å². The van der Waals surface area contributed by atoms with Crippen molar-refractivity contribution in [2.24, 2.45) is 0 Å². The monoisotopic (exact) mass is 531 g/mol. The molecule has 0 radical (unpaired) electrons. The number of halogens is 1. The number of aromatic nitrogens is 1. The van der Waals surface area contributed by atoms with Gasteiger partial charge >= 0.3 is 5.97 Å². The summed E-state index contributed by atoms with van der Waals surface area (Å²) in [6.07, 6.45) is 1.20. The minimum absolute atomic E-state index is 0. The fourth-order valence-corrected chi connectivity index (χ4v) is 3.98. The van der Waals surface area contributed by atoms with E-state index in [4.69, 9.17) is 10.1 Å². The predicted molar refractivity (Wildman–Crippen MR) is 137 cm³/mol. The second-order valence-corrected chi connectivity index (χ2v) is 9.38. The fourth-order valence-electron chi connectivity index (χ4n) is 3.98. The lowest BCUT2D eigenvalue weighted by Crippen LogP contribution is -2.30. The molecule has 0 saturated carbocycles. The van der Waals surface area contributed by atoms with Crippen LogP contribution in [-0.4, -0.2) is 45.7 Å². The number of nitrogens with zero attached hydrogens (tertiary/aromatic N) is 2. The third kappa shape index (κ3) is 6.03. The number of phenols is 1. The van der Waals surface area contributed by atoms with Gasteiger partial charge in [0.15, 0.2) is 5.78 Å². The molecule has 1 aliphatic heterocycles. The van der Waals surface area contributed by atoms with Crippen LogP contribution in [0.25, 0.3) is 0 Å². The molecule has 0 fully saturated rings. The molecular weight excluding hydrogens is 498 g/mol. The highest BCUT2D eigenvalue weighted by atomic mass is 79.9. The van der Waals surface area contributed by atoms with Crippen LogP contribution < -0.4 is 0 Å². The van der Waals surface area contributed by atoms with Gasteiger partial charge in [-0.1, -0.05) is 33.8 Å². The zero-order chi connectivity index (χ0) is 24.3. The molecule has 1 aliphatic rings. The Bertz CT molecular complexity index is 1090. The number of fused-ring (bicyclic) bond motifs is 1. The number of aromatic hydroxyl groups is 1. The van der Waals surface area contributed by atoms with E-state index in [1.165, 1.54) is 0 Å². The molecule has 8 heteroatoms. The van der Waals surface area contributed by atoms with E-state index in [0.29, 0.717) is 35.5 Å². The molecule has 0 aliphatic carbocycles. The van der Waals surface area contributed by atoms with Crippen molar-refractivity contribution in [1.29, 1.82) is 5.41 Å². The SMILES string of the molecule is Br.CCOC(=O)CCc1cc(C(=O)CN2Cc3ccc(CC)nc3C2=N)cc(C(C)(C)C)c1O. The van der Waals surface area contributed by atoms with Crippen molar-refractivity contribution in [2.75, 3.05) is 13.2 Å². The Morgan fingerprint density at radius 1 is 1.21 bits per heavy atom. The Hall–Kier alpha value is -2.74. The number of benzene rings is 1. The number of rotatable bonds is 8. The summed E-state index contributed by atoms with van der Waals surface area (Å²) in [7, 11) is 0. The van der Waals surface area contributed by atoms with E-state index < -0.39 is 5.41 Å². The number of hydrogen-bond donors (Lipinski definition) is 2. The highest BCUT2D eigenvalue weighted by molar-refractivity contribution is 8.93. The highest BCUT2D eigenvalue weighted by Crippen LogP contribution is 2.35. The first-order valence-electron chi connectivity index (χ1n) is 11.4. The number of nitrogens with one attached hydrogen (secondary N) is 1. The van der Waals surface area contributed by atoms with Gasteiger partial charge in [0.05, 0.1) is 13.2 Å². The minimum Gasteiger partial charge on any atom is -0.507 e. The van der Waals surface area contributed by atoms with E-state index >= 15 is 0 Å². The largest absolute Gasteiger partial charge is 0.507 e. The van der Waals surface area contributed by atoms with Crippen molar-refractivity contribution in [3.05, 3.63) is 57.9 Å². The molecule has 2 N–H and O–H groups in total. The third-order valence-corrected chi connectivity index (χ3v) is 5.86. The standard InChI is InChI=1S/C26H33N3O4.BrH/c1-6-19-10-8-17-14-29(25(27)23(17)28-19)15-21(30)18-12-16(9-11-22(31)33-7-2)24(32)20(13-18)26(3,4)5;/h8,10,12-13,27,32H,6-7,9,11,14-15H2,1-5H3;1H. The van der Waals surface area contributed by atoms with E-state index in [1.807, 2.05) is 39.8 Å². The van der Waals surface area contributed by atoms with Gasteiger partial charge < -0.3 is 14.7 Å². The molecule has 0 amide bonds. The van der Waals surface area contributed by atoms with Crippen LogP contribution in [0, 0.1) is 5.41 Å². The van der Waals surface area contributed by atoms with E-state index in [9.17, 15) is 14.7 Å². The fraction of sp³-hybridized carbons (Fsp3) is 0.462. The summed E-state index contributed by atoms with van der Waals surface area (Å²) < 4.78 is 5.00. The molecule has 2 aromatic rings. The summed E-state index contributed by atoms with van der Waals surface area (Å²) in [5.41, 5.74) is 3.78. The van der Waals surface area contributed by atoms with Crippen LogP contribution in [-0.2, 0) is 34.3 Å². The Kier molecular flexibility index (Phi) is 9.00. The zero-order valence-electron chi connectivity index (χ0n) is 20.5. The number of carbonyl (C=O) groups excluding carboxylic acids is 2. The second kappa shape index (κ2) is 11.1. The van der Waals surface area contributed by atoms with Gasteiger partial charge in [-0.05, 0) is 48.9 Å². The van der Waals surface area contributed by atoms with Crippen LogP contribution in [0.4, 0.5) is 0 Å². The number of Topliss-reactive ketones (excluding diaryl/α,β-unsaturated/α-hetero) is 1. The summed E-state index contributed by atoms with van der Waals surface area (Å²) in [5.74, 6) is -0.119. The quantitative estimate of drug-likeness (QED) is 0.376. The number of carbonyl (C=O) groups is 2. The number of ketones is 1. The van der Waals surface area contributed by atoms with Crippen LogP contribution in [0.2, 0.25) is 0 Å². The molecule has 34 heavy (non-hydrogen) atoms.